The maximum absolute atomic E-state index is 12.4. The van der Waals surface area contributed by atoms with E-state index in [9.17, 15) is 14.7 Å². The van der Waals surface area contributed by atoms with Gasteiger partial charge in [-0.2, -0.15) is 0 Å². The Morgan fingerprint density at radius 1 is 1.18 bits per heavy atom. The summed E-state index contributed by atoms with van der Waals surface area (Å²) in [4.78, 5) is 27.9. The van der Waals surface area contributed by atoms with Crippen LogP contribution < -0.4 is 4.90 Å². The molecule has 3 rings (SSSR count). The second-order valence-electron chi connectivity index (χ2n) is 6.24. The van der Waals surface area contributed by atoms with E-state index in [0.29, 0.717) is 15.8 Å². The number of hydrogen-bond acceptors (Lipinski definition) is 5. The number of thioether (sulfide) groups is 1. The van der Waals surface area contributed by atoms with Gasteiger partial charge in [0.15, 0.2) is 0 Å². The highest BCUT2D eigenvalue weighted by molar-refractivity contribution is 8.26. The number of hydrogen-bond donors (Lipinski definition) is 1. The topological polar surface area (TPSA) is 60.9 Å². The summed E-state index contributed by atoms with van der Waals surface area (Å²) in [6.07, 6.45) is 1.81. The van der Waals surface area contributed by atoms with Crippen LogP contribution in [0.1, 0.15) is 19.4 Å². The molecule has 0 aliphatic carbocycles. The van der Waals surface area contributed by atoms with Crippen molar-refractivity contribution in [2.24, 2.45) is 0 Å². The molecule has 2 aromatic carbocycles. The van der Waals surface area contributed by atoms with E-state index in [4.69, 9.17) is 12.2 Å². The molecule has 0 aromatic heterocycles. The van der Waals surface area contributed by atoms with Crippen LogP contribution in [0.3, 0.4) is 0 Å². The summed E-state index contributed by atoms with van der Waals surface area (Å²) < 4.78 is 0.570. The van der Waals surface area contributed by atoms with E-state index in [-0.39, 0.29) is 5.91 Å². The molecule has 5 nitrogen and oxygen atoms in total. The van der Waals surface area contributed by atoms with Gasteiger partial charge in [0, 0.05) is 17.9 Å². The number of amides is 1. The highest BCUT2D eigenvalue weighted by Crippen LogP contribution is 2.33. The summed E-state index contributed by atoms with van der Waals surface area (Å²) >= 11 is 6.54. The third kappa shape index (κ3) is 4.10. The SMILES string of the molecule is CCN1C(=O)C(=Cc2ccc(N(c3ccccc3)C(C)C(=O)O)cc2)SC1=S. The van der Waals surface area contributed by atoms with E-state index >= 15 is 0 Å². The van der Waals surface area contributed by atoms with Gasteiger partial charge in [0.05, 0.1) is 4.91 Å². The van der Waals surface area contributed by atoms with Crippen molar-refractivity contribution in [2.75, 3.05) is 11.4 Å². The van der Waals surface area contributed by atoms with Crippen LogP contribution in [0.4, 0.5) is 11.4 Å². The molecular weight excluding hydrogens is 392 g/mol. The molecule has 1 aliphatic heterocycles. The Balaban J connectivity index is 1.90. The summed E-state index contributed by atoms with van der Waals surface area (Å²) in [7, 11) is 0. The van der Waals surface area contributed by atoms with Crippen molar-refractivity contribution in [3.8, 4) is 0 Å². The maximum Gasteiger partial charge on any atom is 0.326 e. The molecule has 7 heteroatoms. The summed E-state index contributed by atoms with van der Waals surface area (Å²) in [5, 5.41) is 9.51. The van der Waals surface area contributed by atoms with Crippen molar-refractivity contribution >= 4 is 57.6 Å². The molecule has 1 atom stereocenters. The fraction of sp³-hybridized carbons (Fsp3) is 0.190. The molecule has 1 N–H and O–H groups in total. The number of aliphatic carboxylic acids is 1. The second kappa shape index (κ2) is 8.58. The van der Waals surface area contributed by atoms with Gasteiger partial charge in [0.25, 0.3) is 5.91 Å². The number of rotatable bonds is 6. The molecule has 144 valence electrons. The van der Waals surface area contributed by atoms with E-state index in [0.717, 1.165) is 16.9 Å². The number of para-hydroxylation sites is 1. The van der Waals surface area contributed by atoms with Gasteiger partial charge >= 0.3 is 5.97 Å². The van der Waals surface area contributed by atoms with Crippen LogP contribution >= 0.6 is 24.0 Å². The van der Waals surface area contributed by atoms with Crippen LogP contribution in [0, 0.1) is 0 Å². The third-order valence-corrected chi connectivity index (χ3v) is 5.82. The van der Waals surface area contributed by atoms with Crippen LogP contribution in [0.2, 0.25) is 0 Å². The monoisotopic (exact) mass is 412 g/mol. The van der Waals surface area contributed by atoms with Gasteiger partial charge < -0.3 is 10.0 Å². The van der Waals surface area contributed by atoms with Gasteiger partial charge in [-0.05, 0) is 49.8 Å². The molecule has 1 amide bonds. The number of nitrogens with zero attached hydrogens (tertiary/aromatic N) is 2. The minimum atomic E-state index is -0.906. The Bertz CT molecular complexity index is 926. The maximum atomic E-state index is 12.4. The third-order valence-electron chi connectivity index (χ3n) is 4.44. The molecule has 1 heterocycles. The highest BCUT2D eigenvalue weighted by Gasteiger charge is 2.30. The molecule has 0 spiro atoms. The average molecular weight is 413 g/mol. The number of benzene rings is 2. The highest BCUT2D eigenvalue weighted by atomic mass is 32.2. The molecule has 0 radical (unpaired) electrons. The zero-order valence-electron chi connectivity index (χ0n) is 15.5. The number of thiocarbonyl (C=S) groups is 1. The van der Waals surface area contributed by atoms with Gasteiger partial charge in [-0.25, -0.2) is 4.79 Å². The Morgan fingerprint density at radius 3 is 2.32 bits per heavy atom. The molecule has 2 aromatic rings. The first-order valence-electron chi connectivity index (χ1n) is 8.85. The van der Waals surface area contributed by atoms with E-state index < -0.39 is 12.0 Å². The first kappa shape index (κ1) is 20.1. The van der Waals surface area contributed by atoms with Crippen molar-refractivity contribution in [1.82, 2.24) is 4.90 Å². The zero-order chi connectivity index (χ0) is 20.3. The van der Waals surface area contributed by atoms with Gasteiger partial charge in [0.2, 0.25) is 0 Å². The van der Waals surface area contributed by atoms with Crippen molar-refractivity contribution < 1.29 is 14.7 Å². The fourth-order valence-electron chi connectivity index (χ4n) is 2.95. The van der Waals surface area contributed by atoms with Gasteiger partial charge in [0.1, 0.15) is 10.4 Å². The molecule has 1 aliphatic rings. The lowest BCUT2D eigenvalue weighted by atomic mass is 10.1. The molecule has 1 unspecified atom stereocenters. The zero-order valence-corrected chi connectivity index (χ0v) is 17.2. The Hall–Kier alpha value is -2.64. The van der Waals surface area contributed by atoms with Gasteiger partial charge in [-0.15, -0.1) is 0 Å². The standard InChI is InChI=1S/C21H20N2O3S2/c1-3-22-19(24)18(28-21(22)27)13-15-9-11-17(12-10-15)23(14(2)20(25)26)16-7-5-4-6-8-16/h4-14H,3H2,1-2H3,(H,25,26). The van der Waals surface area contributed by atoms with E-state index in [1.54, 1.807) is 16.7 Å². The van der Waals surface area contributed by atoms with Crippen molar-refractivity contribution in [2.45, 2.75) is 19.9 Å². The molecular formula is C21H20N2O3S2. The summed E-state index contributed by atoms with van der Waals surface area (Å²) in [5.41, 5.74) is 2.42. The Kier molecular flexibility index (Phi) is 6.16. The van der Waals surface area contributed by atoms with E-state index in [1.165, 1.54) is 11.8 Å². The van der Waals surface area contributed by atoms with Crippen LogP contribution in [0.5, 0.6) is 0 Å². The lowest BCUT2D eigenvalue weighted by Gasteiger charge is -2.29. The predicted molar refractivity (Wildman–Crippen MR) is 118 cm³/mol. The van der Waals surface area contributed by atoms with Gasteiger partial charge in [-0.3, -0.25) is 9.69 Å². The number of likely N-dealkylation sites (N-methyl/N-ethyl adjacent to an activating group) is 1. The number of carboxylic acid groups (broad SMARTS) is 1. The number of carboxylic acids is 1. The number of carbonyl (C=O) groups is 2. The van der Waals surface area contributed by atoms with Crippen molar-refractivity contribution in [1.29, 1.82) is 0 Å². The van der Waals surface area contributed by atoms with E-state index in [1.807, 2.05) is 67.6 Å². The van der Waals surface area contributed by atoms with Crippen molar-refractivity contribution in [3.05, 3.63) is 65.1 Å². The molecule has 1 fully saturated rings. The summed E-state index contributed by atoms with van der Waals surface area (Å²) in [5.74, 6) is -0.983. The molecule has 28 heavy (non-hydrogen) atoms. The lowest BCUT2D eigenvalue weighted by Crippen LogP contribution is -2.35. The first-order chi connectivity index (χ1) is 13.4. The quantitative estimate of drug-likeness (QED) is 0.556. The average Bonchev–Trinajstić information content (AvgIpc) is 2.96. The van der Waals surface area contributed by atoms with Gasteiger partial charge in [-0.1, -0.05) is 54.3 Å². The first-order valence-corrected chi connectivity index (χ1v) is 10.1. The summed E-state index contributed by atoms with van der Waals surface area (Å²) in [6.45, 7) is 4.10. The lowest BCUT2D eigenvalue weighted by molar-refractivity contribution is -0.138. The molecule has 1 saturated heterocycles. The predicted octanol–water partition coefficient (Wildman–Crippen LogP) is 4.52. The normalized spacial score (nSPS) is 16.5. The number of carbonyl (C=O) groups excluding carboxylic acids is 1. The van der Waals surface area contributed by atoms with Crippen LogP contribution in [0.15, 0.2) is 59.5 Å². The van der Waals surface area contributed by atoms with Crippen LogP contribution in [-0.4, -0.2) is 38.8 Å². The molecule has 0 bridgehead atoms. The summed E-state index contributed by atoms with van der Waals surface area (Å²) in [6, 6.07) is 16.1. The fourth-order valence-corrected chi connectivity index (χ4v) is 4.33. The van der Waals surface area contributed by atoms with Crippen molar-refractivity contribution in [3.63, 3.8) is 0 Å². The number of anilines is 2. The van der Waals surface area contributed by atoms with Crippen LogP contribution in [0.25, 0.3) is 6.08 Å². The Morgan fingerprint density at radius 2 is 1.79 bits per heavy atom. The Labute approximate surface area is 173 Å². The largest absolute Gasteiger partial charge is 0.480 e. The smallest absolute Gasteiger partial charge is 0.326 e. The second-order valence-corrected chi connectivity index (χ2v) is 7.91. The minimum absolute atomic E-state index is 0.0769. The minimum Gasteiger partial charge on any atom is -0.480 e. The van der Waals surface area contributed by atoms with Crippen LogP contribution in [-0.2, 0) is 9.59 Å². The molecule has 0 saturated carbocycles. The van der Waals surface area contributed by atoms with E-state index in [2.05, 4.69) is 0 Å².